The summed E-state index contributed by atoms with van der Waals surface area (Å²) in [5.74, 6) is 0.0375. The van der Waals surface area contributed by atoms with Gasteiger partial charge in [0.2, 0.25) is 0 Å². The largest absolute Gasteiger partial charge is 0.444 e. The molecule has 0 unspecified atom stereocenters. The minimum absolute atomic E-state index is 0.0375. The minimum Gasteiger partial charge on any atom is -0.444 e. The Balaban J connectivity index is 1.75. The molecule has 0 radical (unpaired) electrons. The lowest BCUT2D eigenvalue weighted by molar-refractivity contribution is -0.0124. The third-order valence-corrected chi connectivity index (χ3v) is 5.75. The van der Waals surface area contributed by atoms with Gasteiger partial charge < -0.3 is 19.9 Å². The third kappa shape index (κ3) is 6.31. The van der Waals surface area contributed by atoms with Crippen molar-refractivity contribution in [1.29, 1.82) is 0 Å². The quantitative estimate of drug-likeness (QED) is 0.660. The van der Waals surface area contributed by atoms with Gasteiger partial charge in [-0.1, -0.05) is 67.6 Å². The molecule has 1 heterocycles. The van der Waals surface area contributed by atoms with E-state index in [1.54, 1.807) is 4.90 Å². The van der Waals surface area contributed by atoms with Crippen molar-refractivity contribution in [3.63, 3.8) is 0 Å². The number of nitrogens with zero attached hydrogens (tertiary/aromatic N) is 1. The summed E-state index contributed by atoms with van der Waals surface area (Å²) in [7, 11) is 0. The second kappa shape index (κ2) is 10.9. The standard InChI is InChI=1S/C26H36N2O4/c1-19-23(18-30-16-20-11-7-5-8-12-20)28(25(29)32-26(2,3)4)22(15-27)24(19)31-17-21-13-9-6-10-14-21/h5-14,19,22-24H,15-18,27H2,1-4H3/t19-,22+,23+,24-/m0/s1. The van der Waals surface area contributed by atoms with E-state index in [1.165, 1.54) is 0 Å². The van der Waals surface area contributed by atoms with Gasteiger partial charge in [0.1, 0.15) is 5.60 Å². The Morgan fingerprint density at radius 1 is 0.938 bits per heavy atom. The average Bonchev–Trinajstić information content (AvgIpc) is 3.03. The zero-order valence-corrected chi connectivity index (χ0v) is 19.6. The molecular weight excluding hydrogens is 404 g/mol. The van der Waals surface area contributed by atoms with E-state index in [9.17, 15) is 4.79 Å². The first-order chi connectivity index (χ1) is 15.3. The molecule has 2 aromatic carbocycles. The van der Waals surface area contributed by atoms with Crippen molar-refractivity contribution >= 4 is 6.09 Å². The van der Waals surface area contributed by atoms with E-state index in [4.69, 9.17) is 19.9 Å². The summed E-state index contributed by atoms with van der Waals surface area (Å²) in [6.45, 7) is 9.32. The van der Waals surface area contributed by atoms with Gasteiger partial charge in [-0.2, -0.15) is 0 Å². The van der Waals surface area contributed by atoms with Crippen LogP contribution in [-0.2, 0) is 27.4 Å². The van der Waals surface area contributed by atoms with Crippen molar-refractivity contribution < 1.29 is 19.0 Å². The van der Waals surface area contributed by atoms with E-state index < -0.39 is 5.60 Å². The summed E-state index contributed by atoms with van der Waals surface area (Å²) in [4.78, 5) is 14.9. The summed E-state index contributed by atoms with van der Waals surface area (Å²) in [5, 5.41) is 0. The van der Waals surface area contributed by atoms with E-state index in [0.717, 1.165) is 11.1 Å². The molecule has 3 rings (SSSR count). The molecule has 6 heteroatoms. The molecule has 1 fully saturated rings. The van der Waals surface area contributed by atoms with Crippen LogP contribution in [0.3, 0.4) is 0 Å². The van der Waals surface area contributed by atoms with Crippen molar-refractivity contribution in [3.05, 3.63) is 71.8 Å². The van der Waals surface area contributed by atoms with Gasteiger partial charge in [-0.25, -0.2) is 4.79 Å². The zero-order chi connectivity index (χ0) is 23.1. The monoisotopic (exact) mass is 440 g/mol. The zero-order valence-electron chi connectivity index (χ0n) is 19.6. The molecule has 32 heavy (non-hydrogen) atoms. The van der Waals surface area contributed by atoms with Gasteiger partial charge in [0.15, 0.2) is 0 Å². The summed E-state index contributed by atoms with van der Waals surface area (Å²) < 4.78 is 18.1. The lowest BCUT2D eigenvalue weighted by atomic mass is 9.98. The molecule has 4 atom stereocenters. The highest BCUT2D eigenvalue weighted by Gasteiger charge is 2.50. The van der Waals surface area contributed by atoms with Gasteiger partial charge in [0.05, 0.1) is 38.0 Å². The highest BCUT2D eigenvalue weighted by atomic mass is 16.6. The number of carbonyl (C=O) groups is 1. The molecule has 0 spiro atoms. The van der Waals surface area contributed by atoms with E-state index in [2.05, 4.69) is 6.92 Å². The van der Waals surface area contributed by atoms with Crippen molar-refractivity contribution in [2.45, 2.75) is 64.7 Å². The number of nitrogens with two attached hydrogens (primary N) is 1. The van der Waals surface area contributed by atoms with Crippen LogP contribution < -0.4 is 5.73 Å². The first kappa shape index (κ1) is 24.2. The Labute approximate surface area is 191 Å². The SMILES string of the molecule is C[C@@H]1[C@H](OCc2ccccc2)[C@@H](CN)N(C(=O)OC(C)(C)C)[C@@H]1COCc1ccccc1. The van der Waals surface area contributed by atoms with E-state index in [-0.39, 0.29) is 36.7 Å². The van der Waals surface area contributed by atoms with Gasteiger partial charge in [0, 0.05) is 12.5 Å². The number of hydrogen-bond donors (Lipinski definition) is 1. The highest BCUT2D eigenvalue weighted by Crippen LogP contribution is 2.34. The minimum atomic E-state index is -0.599. The Morgan fingerprint density at radius 2 is 1.50 bits per heavy atom. The van der Waals surface area contributed by atoms with Crippen LogP contribution in [0.1, 0.15) is 38.8 Å². The number of ether oxygens (including phenoxy) is 3. The Morgan fingerprint density at radius 3 is 2.03 bits per heavy atom. The maximum atomic E-state index is 13.2. The van der Waals surface area contributed by atoms with Gasteiger partial charge in [-0.05, 0) is 31.9 Å². The fourth-order valence-electron chi connectivity index (χ4n) is 4.19. The molecule has 174 valence electrons. The molecule has 2 N–H and O–H groups in total. The van der Waals surface area contributed by atoms with Crippen LogP contribution in [0.15, 0.2) is 60.7 Å². The number of likely N-dealkylation sites (tertiary alicyclic amines) is 1. The lowest BCUT2D eigenvalue weighted by Crippen LogP contribution is -2.50. The fraction of sp³-hybridized carbons (Fsp3) is 0.500. The van der Waals surface area contributed by atoms with Crippen LogP contribution in [-0.4, -0.2) is 47.9 Å². The summed E-state index contributed by atoms with van der Waals surface area (Å²) in [6.07, 6.45) is -0.586. The maximum Gasteiger partial charge on any atom is 0.411 e. The highest BCUT2D eigenvalue weighted by molar-refractivity contribution is 5.70. The Bertz CT molecular complexity index is 838. The molecule has 1 aliphatic heterocycles. The van der Waals surface area contributed by atoms with Crippen molar-refractivity contribution in [3.8, 4) is 0 Å². The number of hydrogen-bond acceptors (Lipinski definition) is 5. The topological polar surface area (TPSA) is 74.0 Å². The molecule has 0 aromatic heterocycles. The van der Waals surface area contributed by atoms with Crippen LogP contribution in [0.25, 0.3) is 0 Å². The molecular formula is C26H36N2O4. The summed E-state index contributed by atoms with van der Waals surface area (Å²) >= 11 is 0. The van der Waals surface area contributed by atoms with Crippen LogP contribution in [0, 0.1) is 5.92 Å². The summed E-state index contributed by atoms with van der Waals surface area (Å²) in [5.41, 5.74) is 7.74. The second-order valence-corrected chi connectivity index (χ2v) is 9.38. The molecule has 1 aliphatic rings. The summed E-state index contributed by atoms with van der Waals surface area (Å²) in [6, 6.07) is 19.6. The number of carbonyl (C=O) groups excluding carboxylic acids is 1. The molecule has 1 saturated heterocycles. The van der Waals surface area contributed by atoms with E-state index in [1.807, 2.05) is 81.4 Å². The number of rotatable bonds is 8. The van der Waals surface area contributed by atoms with Crippen LogP contribution in [0.2, 0.25) is 0 Å². The van der Waals surface area contributed by atoms with Crippen LogP contribution in [0.4, 0.5) is 4.79 Å². The van der Waals surface area contributed by atoms with Gasteiger partial charge in [0.25, 0.3) is 0 Å². The Kier molecular flexibility index (Phi) is 8.29. The molecule has 6 nitrogen and oxygen atoms in total. The predicted octanol–water partition coefficient (Wildman–Crippen LogP) is 4.37. The number of amides is 1. The second-order valence-electron chi connectivity index (χ2n) is 9.38. The van der Waals surface area contributed by atoms with Crippen molar-refractivity contribution in [2.75, 3.05) is 13.2 Å². The Hall–Kier alpha value is -2.41. The van der Waals surface area contributed by atoms with E-state index in [0.29, 0.717) is 19.8 Å². The normalized spacial score (nSPS) is 23.3. The van der Waals surface area contributed by atoms with E-state index >= 15 is 0 Å². The molecule has 2 aromatic rings. The smallest absolute Gasteiger partial charge is 0.411 e. The molecule has 0 saturated carbocycles. The lowest BCUT2D eigenvalue weighted by Gasteiger charge is -2.33. The van der Waals surface area contributed by atoms with Crippen molar-refractivity contribution in [1.82, 2.24) is 4.90 Å². The first-order valence-electron chi connectivity index (χ1n) is 11.3. The first-order valence-corrected chi connectivity index (χ1v) is 11.3. The maximum absolute atomic E-state index is 13.2. The third-order valence-electron chi connectivity index (χ3n) is 5.75. The fourth-order valence-corrected chi connectivity index (χ4v) is 4.19. The van der Waals surface area contributed by atoms with Crippen molar-refractivity contribution in [2.24, 2.45) is 11.7 Å². The van der Waals surface area contributed by atoms with Gasteiger partial charge in [-0.3, -0.25) is 4.90 Å². The average molecular weight is 441 g/mol. The van der Waals surface area contributed by atoms with Gasteiger partial charge in [-0.15, -0.1) is 0 Å². The molecule has 1 amide bonds. The number of benzene rings is 2. The van der Waals surface area contributed by atoms with Crippen LogP contribution >= 0.6 is 0 Å². The molecule has 0 bridgehead atoms. The van der Waals surface area contributed by atoms with Gasteiger partial charge >= 0.3 is 6.09 Å². The van der Waals surface area contributed by atoms with Crippen LogP contribution in [0.5, 0.6) is 0 Å². The predicted molar refractivity (Wildman–Crippen MR) is 125 cm³/mol. The molecule has 0 aliphatic carbocycles.